The van der Waals surface area contributed by atoms with Crippen LogP contribution in [0.4, 0.5) is 4.79 Å². The molecule has 9 heteroatoms. The van der Waals surface area contributed by atoms with Gasteiger partial charge in [0.05, 0.1) is 24.7 Å². The molecule has 1 aromatic heterocycles. The summed E-state index contributed by atoms with van der Waals surface area (Å²) < 4.78 is 21.3. The van der Waals surface area contributed by atoms with E-state index in [0.717, 1.165) is 0 Å². The minimum Gasteiger partial charge on any atom is -0.440 e. The fourth-order valence-electron chi connectivity index (χ4n) is 3.49. The van der Waals surface area contributed by atoms with E-state index in [2.05, 4.69) is 0 Å². The maximum absolute atomic E-state index is 12.5. The smallest absolute Gasteiger partial charge is 0.415 e. The number of nitrogens with zero attached hydrogens (tertiary/aromatic N) is 2. The van der Waals surface area contributed by atoms with Gasteiger partial charge in [0.1, 0.15) is 28.9 Å². The normalized spacial score (nSPS) is 18.3. The van der Waals surface area contributed by atoms with E-state index >= 15 is 0 Å². The maximum Gasteiger partial charge on any atom is 0.415 e. The van der Waals surface area contributed by atoms with Gasteiger partial charge in [-0.05, 0) is 24.6 Å². The highest BCUT2D eigenvalue weighted by Gasteiger charge is 2.34. The van der Waals surface area contributed by atoms with Crippen molar-refractivity contribution in [3.8, 4) is 17.6 Å². The van der Waals surface area contributed by atoms with E-state index in [1.54, 1.807) is 42.2 Å². The van der Waals surface area contributed by atoms with Crippen LogP contribution in [-0.4, -0.2) is 37.3 Å². The number of allylic oxidation sites excluding steroid dienone is 1. The first-order chi connectivity index (χ1) is 14.5. The fraction of sp³-hybridized carbons (Fsp3) is 0.286. The van der Waals surface area contributed by atoms with Gasteiger partial charge in [-0.3, -0.25) is 0 Å². The van der Waals surface area contributed by atoms with Crippen LogP contribution >= 0.6 is 0 Å². The lowest BCUT2D eigenvalue weighted by Crippen LogP contribution is -2.42. The Kier molecular flexibility index (Phi) is 5.16. The Morgan fingerprint density at radius 2 is 1.97 bits per heavy atom. The van der Waals surface area contributed by atoms with Gasteiger partial charge in [-0.25, -0.2) is 9.59 Å². The first-order valence-corrected chi connectivity index (χ1v) is 9.34. The van der Waals surface area contributed by atoms with E-state index in [1.165, 1.54) is 0 Å². The Bertz CT molecular complexity index is 1110. The van der Waals surface area contributed by atoms with E-state index in [1.807, 2.05) is 6.07 Å². The van der Waals surface area contributed by atoms with Gasteiger partial charge in [0.25, 0.3) is 0 Å². The lowest BCUT2D eigenvalue weighted by molar-refractivity contribution is 0.0416. The molecule has 1 saturated heterocycles. The van der Waals surface area contributed by atoms with Crippen LogP contribution in [0.5, 0.6) is 11.5 Å². The number of nitrogens with two attached hydrogens (primary N) is 1. The van der Waals surface area contributed by atoms with Crippen molar-refractivity contribution in [2.45, 2.75) is 12.8 Å². The van der Waals surface area contributed by atoms with Crippen LogP contribution < -0.4 is 20.8 Å². The zero-order valence-corrected chi connectivity index (χ0v) is 16.2. The molecule has 30 heavy (non-hydrogen) atoms. The van der Waals surface area contributed by atoms with E-state index in [9.17, 15) is 14.9 Å². The number of morpholine rings is 1. The fourth-order valence-corrected chi connectivity index (χ4v) is 3.49. The van der Waals surface area contributed by atoms with Crippen LogP contribution in [0.25, 0.3) is 0 Å². The number of amides is 1. The molecular formula is C21H19N3O6. The van der Waals surface area contributed by atoms with Gasteiger partial charge < -0.3 is 29.3 Å². The Balaban J connectivity index is 1.64. The third-order valence-electron chi connectivity index (χ3n) is 4.94. The second-order valence-electron chi connectivity index (χ2n) is 6.88. The largest absolute Gasteiger partial charge is 0.440 e. The molecule has 0 saturated carbocycles. The van der Waals surface area contributed by atoms with Crippen molar-refractivity contribution in [2.75, 3.05) is 26.3 Å². The van der Waals surface area contributed by atoms with Gasteiger partial charge in [-0.2, -0.15) is 5.26 Å². The van der Waals surface area contributed by atoms with Crippen LogP contribution in [0.2, 0.25) is 0 Å². The van der Waals surface area contributed by atoms with E-state index in [4.69, 9.17) is 24.4 Å². The Labute approximate surface area is 171 Å². The van der Waals surface area contributed by atoms with Crippen molar-refractivity contribution in [1.29, 1.82) is 5.26 Å². The highest BCUT2D eigenvalue weighted by atomic mass is 16.6. The molecule has 3 heterocycles. The predicted molar refractivity (Wildman–Crippen MR) is 104 cm³/mol. The average molecular weight is 409 g/mol. The highest BCUT2D eigenvalue weighted by Crippen LogP contribution is 2.40. The Morgan fingerprint density at radius 1 is 1.27 bits per heavy atom. The SMILES string of the molecule is Cc1cc2c(c(=O)o1)[C@@H](c1ccc(OC(=O)N3CCOCC3)cc1)C(C#N)=C(N)O2. The van der Waals surface area contributed by atoms with Gasteiger partial charge in [0, 0.05) is 19.2 Å². The summed E-state index contributed by atoms with van der Waals surface area (Å²) in [4.78, 5) is 26.3. The quantitative estimate of drug-likeness (QED) is 0.798. The highest BCUT2D eigenvalue weighted by molar-refractivity contribution is 5.70. The number of carbonyl (C=O) groups is 1. The number of rotatable bonds is 2. The minimum absolute atomic E-state index is 0.0668. The molecule has 1 amide bonds. The summed E-state index contributed by atoms with van der Waals surface area (Å²) >= 11 is 0. The third kappa shape index (κ3) is 3.60. The zero-order chi connectivity index (χ0) is 21.3. The summed E-state index contributed by atoms with van der Waals surface area (Å²) in [7, 11) is 0. The van der Waals surface area contributed by atoms with Crippen molar-refractivity contribution < 1.29 is 23.4 Å². The summed E-state index contributed by atoms with van der Waals surface area (Å²) in [5.41, 5.74) is 6.25. The lowest BCUT2D eigenvalue weighted by Gasteiger charge is -2.26. The molecular weight excluding hydrogens is 390 g/mol. The Hall–Kier alpha value is -3.77. The number of fused-ring (bicyclic) bond motifs is 1. The summed E-state index contributed by atoms with van der Waals surface area (Å²) in [6, 6.07) is 10.1. The van der Waals surface area contributed by atoms with Crippen LogP contribution in [0.3, 0.4) is 0 Å². The first kappa shape index (κ1) is 19.5. The molecule has 4 rings (SSSR count). The summed E-state index contributed by atoms with van der Waals surface area (Å²) in [5.74, 6) is 0.153. The molecule has 1 aromatic carbocycles. The molecule has 0 aliphatic carbocycles. The van der Waals surface area contributed by atoms with Crippen molar-refractivity contribution in [2.24, 2.45) is 5.73 Å². The zero-order valence-electron chi connectivity index (χ0n) is 16.2. The second kappa shape index (κ2) is 7.93. The molecule has 9 nitrogen and oxygen atoms in total. The number of benzene rings is 1. The van der Waals surface area contributed by atoms with Gasteiger partial charge in [-0.1, -0.05) is 12.1 Å². The van der Waals surface area contributed by atoms with Crippen molar-refractivity contribution in [1.82, 2.24) is 4.90 Å². The minimum atomic E-state index is -0.750. The van der Waals surface area contributed by atoms with Crippen molar-refractivity contribution in [3.63, 3.8) is 0 Å². The van der Waals surface area contributed by atoms with Gasteiger partial charge >= 0.3 is 11.7 Å². The van der Waals surface area contributed by atoms with Crippen molar-refractivity contribution in [3.05, 3.63) is 69.1 Å². The monoisotopic (exact) mass is 409 g/mol. The average Bonchev–Trinajstić information content (AvgIpc) is 2.73. The summed E-state index contributed by atoms with van der Waals surface area (Å²) in [5, 5.41) is 9.60. The van der Waals surface area contributed by atoms with E-state index in [-0.39, 0.29) is 22.8 Å². The van der Waals surface area contributed by atoms with Gasteiger partial charge in [0.15, 0.2) is 0 Å². The molecule has 0 bridgehead atoms. The number of hydrogen-bond acceptors (Lipinski definition) is 8. The van der Waals surface area contributed by atoms with Gasteiger partial charge in [0.2, 0.25) is 5.88 Å². The van der Waals surface area contributed by atoms with Crippen LogP contribution in [0, 0.1) is 18.3 Å². The summed E-state index contributed by atoms with van der Waals surface area (Å²) in [6.07, 6.45) is -0.458. The van der Waals surface area contributed by atoms with Crippen molar-refractivity contribution >= 4 is 6.09 Å². The molecule has 154 valence electrons. The predicted octanol–water partition coefficient (Wildman–Crippen LogP) is 2.00. The molecule has 1 atom stereocenters. The summed E-state index contributed by atoms with van der Waals surface area (Å²) in [6.45, 7) is 3.52. The van der Waals surface area contributed by atoms with Crippen LogP contribution in [-0.2, 0) is 4.74 Å². The number of nitriles is 1. The van der Waals surface area contributed by atoms with Gasteiger partial charge in [-0.15, -0.1) is 0 Å². The Morgan fingerprint density at radius 3 is 2.63 bits per heavy atom. The first-order valence-electron chi connectivity index (χ1n) is 9.34. The molecule has 1 fully saturated rings. The van der Waals surface area contributed by atoms with Crippen LogP contribution in [0.1, 0.15) is 22.8 Å². The van der Waals surface area contributed by atoms with E-state index < -0.39 is 17.6 Å². The maximum atomic E-state index is 12.5. The van der Waals surface area contributed by atoms with Crippen LogP contribution in [0.15, 0.2) is 51.0 Å². The number of ether oxygens (including phenoxy) is 3. The number of aryl methyl sites for hydroxylation is 1. The standard InChI is InChI=1S/C21H19N3O6/c1-12-10-16-18(20(25)28-12)17(15(11-22)19(23)30-16)13-2-4-14(5-3-13)29-21(26)24-6-8-27-9-7-24/h2-5,10,17H,6-9,23H2,1H3/t17-/m0/s1. The molecule has 2 N–H and O–H groups in total. The second-order valence-corrected chi connectivity index (χ2v) is 6.88. The number of hydrogen-bond donors (Lipinski definition) is 1. The lowest BCUT2D eigenvalue weighted by atomic mass is 9.84. The topological polar surface area (TPSA) is 128 Å². The number of carbonyl (C=O) groups excluding carboxylic acids is 1. The molecule has 2 aliphatic heterocycles. The third-order valence-corrected chi connectivity index (χ3v) is 4.94. The molecule has 0 radical (unpaired) electrons. The molecule has 0 spiro atoms. The molecule has 2 aliphatic rings. The van der Waals surface area contributed by atoms with E-state index in [0.29, 0.717) is 43.4 Å². The molecule has 0 unspecified atom stereocenters. The molecule has 2 aromatic rings.